The minimum atomic E-state index is -1.26. The monoisotopic (exact) mass is 267 g/mol. The molecule has 0 fully saturated rings. The second-order valence-corrected chi connectivity index (χ2v) is 3.77. The Bertz CT molecular complexity index is 529. The molecule has 1 aromatic rings. The van der Waals surface area contributed by atoms with Crippen molar-refractivity contribution in [3.63, 3.8) is 0 Å². The third kappa shape index (κ3) is 3.41. The number of carboxylic acids is 1. The summed E-state index contributed by atoms with van der Waals surface area (Å²) in [5.74, 6) is -1.59. The molecular weight excluding hydrogens is 254 g/mol. The van der Waals surface area contributed by atoms with E-state index in [0.29, 0.717) is 0 Å². The highest BCUT2D eigenvalue weighted by Crippen LogP contribution is 2.26. The zero-order chi connectivity index (χ0) is 14.6. The van der Waals surface area contributed by atoms with Gasteiger partial charge in [0.05, 0.1) is 10.5 Å². The Morgan fingerprint density at radius 2 is 2.05 bits per heavy atom. The van der Waals surface area contributed by atoms with E-state index >= 15 is 0 Å². The minimum Gasteiger partial charge on any atom is -0.478 e. The highest BCUT2D eigenvalue weighted by molar-refractivity contribution is 5.90. The smallest absolute Gasteiger partial charge is 0.335 e. The van der Waals surface area contributed by atoms with Crippen molar-refractivity contribution in [2.75, 3.05) is 12.4 Å². The number of carbonyl (C=O) groups excluding carboxylic acids is 1. The van der Waals surface area contributed by atoms with Gasteiger partial charge in [-0.2, -0.15) is 0 Å². The van der Waals surface area contributed by atoms with Gasteiger partial charge >= 0.3 is 5.97 Å². The molecule has 0 spiro atoms. The third-order valence-electron chi connectivity index (χ3n) is 2.45. The van der Waals surface area contributed by atoms with Crippen LogP contribution in [0, 0.1) is 10.1 Å². The lowest BCUT2D eigenvalue weighted by molar-refractivity contribution is -0.384. The quantitative estimate of drug-likeness (QED) is 0.536. The number of anilines is 1. The molecular formula is C11H13N3O5. The summed E-state index contributed by atoms with van der Waals surface area (Å²) < 4.78 is 0. The van der Waals surface area contributed by atoms with Crippen molar-refractivity contribution in [1.29, 1.82) is 0 Å². The molecule has 0 saturated heterocycles. The molecule has 1 unspecified atom stereocenters. The molecule has 0 radical (unpaired) electrons. The van der Waals surface area contributed by atoms with Gasteiger partial charge in [-0.25, -0.2) is 4.79 Å². The first kappa shape index (κ1) is 14.4. The van der Waals surface area contributed by atoms with Crippen LogP contribution in [0.2, 0.25) is 0 Å². The molecule has 8 heteroatoms. The number of benzene rings is 1. The Kier molecular flexibility index (Phi) is 4.41. The van der Waals surface area contributed by atoms with Gasteiger partial charge in [0, 0.05) is 13.1 Å². The lowest BCUT2D eigenvalue weighted by atomic mass is 10.1. The number of hydrogen-bond donors (Lipinski definition) is 3. The molecule has 0 heterocycles. The van der Waals surface area contributed by atoms with Crippen LogP contribution >= 0.6 is 0 Å². The highest BCUT2D eigenvalue weighted by atomic mass is 16.6. The van der Waals surface area contributed by atoms with Crippen molar-refractivity contribution in [3.05, 3.63) is 33.9 Å². The Morgan fingerprint density at radius 1 is 1.42 bits per heavy atom. The van der Waals surface area contributed by atoms with Crippen LogP contribution in [0.5, 0.6) is 0 Å². The lowest BCUT2D eigenvalue weighted by Gasteiger charge is -2.13. The van der Waals surface area contributed by atoms with Gasteiger partial charge in [0.2, 0.25) is 5.91 Å². The summed E-state index contributed by atoms with van der Waals surface area (Å²) in [6.07, 6.45) is 0. The van der Waals surface area contributed by atoms with E-state index in [1.165, 1.54) is 26.1 Å². The Hall–Kier alpha value is -2.64. The van der Waals surface area contributed by atoms with Crippen molar-refractivity contribution >= 4 is 23.3 Å². The molecule has 0 aliphatic rings. The number of carbonyl (C=O) groups is 2. The maximum absolute atomic E-state index is 11.3. The molecule has 1 amide bonds. The van der Waals surface area contributed by atoms with Crippen molar-refractivity contribution in [3.8, 4) is 0 Å². The van der Waals surface area contributed by atoms with Gasteiger partial charge < -0.3 is 15.7 Å². The second-order valence-electron chi connectivity index (χ2n) is 3.77. The van der Waals surface area contributed by atoms with Gasteiger partial charge in [0.25, 0.3) is 5.69 Å². The van der Waals surface area contributed by atoms with Crippen LogP contribution in [-0.4, -0.2) is 35.0 Å². The fourth-order valence-electron chi connectivity index (χ4n) is 1.45. The maximum atomic E-state index is 11.3. The summed E-state index contributed by atoms with van der Waals surface area (Å²) >= 11 is 0. The van der Waals surface area contributed by atoms with Crippen molar-refractivity contribution in [2.24, 2.45) is 0 Å². The molecule has 0 aliphatic carbocycles. The molecule has 102 valence electrons. The van der Waals surface area contributed by atoms with Crippen molar-refractivity contribution in [2.45, 2.75) is 13.0 Å². The number of likely N-dealkylation sites (N-methyl/N-ethyl adjacent to an activating group) is 1. The average Bonchev–Trinajstić information content (AvgIpc) is 2.37. The van der Waals surface area contributed by atoms with E-state index in [4.69, 9.17) is 5.11 Å². The van der Waals surface area contributed by atoms with E-state index in [1.54, 1.807) is 0 Å². The molecule has 3 N–H and O–H groups in total. The van der Waals surface area contributed by atoms with E-state index in [9.17, 15) is 19.7 Å². The number of nitro groups is 1. The van der Waals surface area contributed by atoms with Gasteiger partial charge in [-0.1, -0.05) is 0 Å². The molecule has 0 saturated carbocycles. The normalized spacial score (nSPS) is 11.5. The third-order valence-corrected chi connectivity index (χ3v) is 2.45. The van der Waals surface area contributed by atoms with E-state index in [-0.39, 0.29) is 17.2 Å². The topological polar surface area (TPSA) is 122 Å². The first-order chi connectivity index (χ1) is 8.86. The summed E-state index contributed by atoms with van der Waals surface area (Å²) in [7, 11) is 1.45. The summed E-state index contributed by atoms with van der Waals surface area (Å²) in [5, 5.41) is 24.7. The fraction of sp³-hybridized carbons (Fsp3) is 0.273. The summed E-state index contributed by atoms with van der Waals surface area (Å²) in [6.45, 7) is 1.54. The predicted octanol–water partition coefficient (Wildman–Crippen LogP) is 0.839. The van der Waals surface area contributed by atoms with Gasteiger partial charge in [-0.15, -0.1) is 0 Å². The predicted molar refractivity (Wildman–Crippen MR) is 67.2 cm³/mol. The summed E-state index contributed by atoms with van der Waals surface area (Å²) in [6, 6.07) is 2.76. The second kappa shape index (κ2) is 5.80. The number of aromatic carboxylic acids is 1. The first-order valence-corrected chi connectivity index (χ1v) is 5.36. The van der Waals surface area contributed by atoms with Crippen molar-refractivity contribution in [1.82, 2.24) is 5.32 Å². The fourth-order valence-corrected chi connectivity index (χ4v) is 1.45. The molecule has 1 aromatic carbocycles. The number of nitro benzene ring substituents is 1. The number of hydrogen-bond acceptors (Lipinski definition) is 5. The van der Waals surface area contributed by atoms with Gasteiger partial charge in [0.15, 0.2) is 0 Å². The SMILES string of the molecule is CNC(=O)C(C)Nc1ccc(C(=O)O)cc1[N+](=O)[O-]. The standard InChI is InChI=1S/C11H13N3O5/c1-6(10(15)12-2)13-8-4-3-7(11(16)17)5-9(8)14(18)19/h3-6,13H,1-2H3,(H,12,15)(H,16,17). The van der Waals surface area contributed by atoms with Crippen LogP contribution in [0.1, 0.15) is 17.3 Å². The number of nitrogens with zero attached hydrogens (tertiary/aromatic N) is 1. The number of amides is 1. The van der Waals surface area contributed by atoms with Crippen molar-refractivity contribution < 1.29 is 19.6 Å². The van der Waals surface area contributed by atoms with Crippen LogP contribution in [0.25, 0.3) is 0 Å². The highest BCUT2D eigenvalue weighted by Gasteiger charge is 2.20. The van der Waals surface area contributed by atoms with Crippen LogP contribution in [0.4, 0.5) is 11.4 Å². The summed E-state index contributed by atoms with van der Waals surface area (Å²) in [4.78, 5) is 32.3. The zero-order valence-electron chi connectivity index (χ0n) is 10.3. The average molecular weight is 267 g/mol. The van der Waals surface area contributed by atoms with Crippen LogP contribution in [-0.2, 0) is 4.79 Å². The van der Waals surface area contributed by atoms with Crippen LogP contribution in [0.3, 0.4) is 0 Å². The molecule has 8 nitrogen and oxygen atoms in total. The van der Waals surface area contributed by atoms with Gasteiger partial charge in [-0.05, 0) is 19.1 Å². The van der Waals surface area contributed by atoms with E-state index < -0.39 is 22.6 Å². The molecule has 1 atom stereocenters. The maximum Gasteiger partial charge on any atom is 0.335 e. The van der Waals surface area contributed by atoms with E-state index in [0.717, 1.165) is 6.07 Å². The van der Waals surface area contributed by atoms with Gasteiger partial charge in [0.1, 0.15) is 11.7 Å². The Morgan fingerprint density at radius 3 is 2.53 bits per heavy atom. The lowest BCUT2D eigenvalue weighted by Crippen LogP contribution is -2.35. The molecule has 0 aromatic heterocycles. The number of rotatable bonds is 5. The molecule has 0 aliphatic heterocycles. The van der Waals surface area contributed by atoms with Gasteiger partial charge in [-0.3, -0.25) is 14.9 Å². The van der Waals surface area contributed by atoms with E-state index in [1.807, 2.05) is 0 Å². The zero-order valence-corrected chi connectivity index (χ0v) is 10.3. The molecule has 0 bridgehead atoms. The number of nitrogens with one attached hydrogen (secondary N) is 2. The number of carboxylic acid groups (broad SMARTS) is 1. The largest absolute Gasteiger partial charge is 0.478 e. The Labute approximate surface area is 108 Å². The van der Waals surface area contributed by atoms with Crippen LogP contribution in [0.15, 0.2) is 18.2 Å². The Balaban J connectivity index is 3.10. The first-order valence-electron chi connectivity index (χ1n) is 5.36. The molecule has 19 heavy (non-hydrogen) atoms. The molecule has 1 rings (SSSR count). The minimum absolute atomic E-state index is 0.0890. The van der Waals surface area contributed by atoms with E-state index in [2.05, 4.69) is 10.6 Å². The van der Waals surface area contributed by atoms with Crippen LogP contribution < -0.4 is 10.6 Å². The summed E-state index contributed by atoms with van der Waals surface area (Å²) in [5.41, 5.74) is -0.494.